The van der Waals surface area contributed by atoms with E-state index in [2.05, 4.69) is 11.7 Å². The number of rotatable bonds is 7. The summed E-state index contributed by atoms with van der Waals surface area (Å²) in [6.07, 6.45) is -4.26. The lowest BCUT2D eigenvalue weighted by Crippen LogP contribution is -2.58. The number of ether oxygens (including phenoxy) is 1. The first-order valence-electron chi connectivity index (χ1n) is 5.97. The molecule has 1 aromatic rings. The van der Waals surface area contributed by atoms with Crippen molar-refractivity contribution in [2.24, 2.45) is 5.10 Å². The standard InChI is InChI=1S/C13H11F7N2O/c1-2-7-23-10-5-3-9(4-6-10)8-21-22-13(19,20)11(14,15)12(16,17)18/h2-6,8,22H,1,7H2/b21-8+. The quantitative estimate of drug-likeness (QED) is 0.267. The van der Waals surface area contributed by atoms with E-state index in [4.69, 9.17) is 4.74 Å². The fourth-order valence-electron chi connectivity index (χ4n) is 1.24. The number of hydrogen-bond acceptors (Lipinski definition) is 3. The molecule has 0 aromatic heterocycles. The number of nitrogens with one attached hydrogen (secondary N) is 1. The largest absolute Gasteiger partial charge is 0.490 e. The molecule has 0 amide bonds. The van der Waals surface area contributed by atoms with Gasteiger partial charge < -0.3 is 4.74 Å². The Bertz CT molecular complexity index is 552. The van der Waals surface area contributed by atoms with Crippen LogP contribution in [0.15, 0.2) is 42.0 Å². The molecule has 0 spiro atoms. The molecule has 0 saturated carbocycles. The SMILES string of the molecule is C=CCOc1ccc(/C=N/NC(F)(F)C(F)(F)C(F)(F)F)cc1. The minimum Gasteiger partial charge on any atom is -0.490 e. The molecule has 0 atom stereocenters. The van der Waals surface area contributed by atoms with Crippen molar-refractivity contribution in [1.29, 1.82) is 0 Å². The molecule has 1 rings (SSSR count). The third kappa shape index (κ3) is 4.60. The Morgan fingerprint density at radius 2 is 1.61 bits per heavy atom. The van der Waals surface area contributed by atoms with Crippen molar-refractivity contribution in [3.8, 4) is 5.75 Å². The van der Waals surface area contributed by atoms with E-state index < -0.39 is 18.1 Å². The first-order chi connectivity index (χ1) is 10.5. The van der Waals surface area contributed by atoms with E-state index in [9.17, 15) is 30.7 Å². The Kier molecular flexibility index (Phi) is 5.62. The molecule has 1 N–H and O–H groups in total. The molecule has 0 fully saturated rings. The molecule has 0 radical (unpaired) electrons. The van der Waals surface area contributed by atoms with Gasteiger partial charge in [-0.1, -0.05) is 12.7 Å². The third-order valence-corrected chi connectivity index (χ3v) is 2.42. The average Bonchev–Trinajstić information content (AvgIpc) is 2.45. The minimum absolute atomic E-state index is 0.176. The van der Waals surface area contributed by atoms with Crippen LogP contribution in [-0.2, 0) is 0 Å². The summed E-state index contributed by atoms with van der Waals surface area (Å²) in [4.78, 5) is 0. The summed E-state index contributed by atoms with van der Waals surface area (Å²) in [6.45, 7) is 3.66. The van der Waals surface area contributed by atoms with E-state index in [-0.39, 0.29) is 12.2 Å². The smallest absolute Gasteiger partial charge is 0.462 e. The first-order valence-corrected chi connectivity index (χ1v) is 5.97. The molecular formula is C13H11F7N2O. The van der Waals surface area contributed by atoms with Crippen LogP contribution in [0.2, 0.25) is 0 Å². The van der Waals surface area contributed by atoms with Gasteiger partial charge in [-0.05, 0) is 29.8 Å². The van der Waals surface area contributed by atoms with Gasteiger partial charge in [0.25, 0.3) is 0 Å². The summed E-state index contributed by atoms with van der Waals surface area (Å²) in [5.74, 6) is -5.84. The van der Waals surface area contributed by atoms with Crippen LogP contribution < -0.4 is 10.2 Å². The van der Waals surface area contributed by atoms with Gasteiger partial charge in [-0.2, -0.15) is 35.8 Å². The molecule has 0 saturated heterocycles. The molecule has 0 unspecified atom stereocenters. The van der Waals surface area contributed by atoms with E-state index in [1.807, 2.05) is 0 Å². The molecule has 23 heavy (non-hydrogen) atoms. The predicted molar refractivity (Wildman–Crippen MR) is 68.8 cm³/mol. The summed E-state index contributed by atoms with van der Waals surface area (Å²) >= 11 is 0. The van der Waals surface area contributed by atoms with Crippen molar-refractivity contribution in [2.75, 3.05) is 6.61 Å². The normalized spacial score (nSPS) is 13.2. The van der Waals surface area contributed by atoms with Crippen molar-refractivity contribution >= 4 is 6.21 Å². The van der Waals surface area contributed by atoms with Crippen LogP contribution in [0, 0.1) is 0 Å². The average molecular weight is 344 g/mol. The number of nitrogens with zero attached hydrogens (tertiary/aromatic N) is 1. The summed E-state index contributed by atoms with van der Waals surface area (Å²) < 4.78 is 91.7. The Morgan fingerprint density at radius 3 is 2.09 bits per heavy atom. The lowest BCUT2D eigenvalue weighted by Gasteiger charge is -2.27. The highest BCUT2D eigenvalue weighted by atomic mass is 19.4. The molecule has 0 aliphatic heterocycles. The Labute approximate surface area is 126 Å². The van der Waals surface area contributed by atoms with E-state index >= 15 is 0 Å². The number of hydrogen-bond donors (Lipinski definition) is 1. The van der Waals surface area contributed by atoms with E-state index in [1.54, 1.807) is 0 Å². The van der Waals surface area contributed by atoms with Crippen molar-refractivity contribution in [3.63, 3.8) is 0 Å². The zero-order valence-corrected chi connectivity index (χ0v) is 11.4. The molecule has 0 aliphatic rings. The van der Waals surface area contributed by atoms with Crippen LogP contribution in [0.25, 0.3) is 0 Å². The van der Waals surface area contributed by atoms with Crippen molar-refractivity contribution < 1.29 is 35.5 Å². The molecular weight excluding hydrogens is 333 g/mol. The van der Waals surface area contributed by atoms with Crippen molar-refractivity contribution in [2.45, 2.75) is 18.1 Å². The number of halogens is 7. The highest BCUT2D eigenvalue weighted by Gasteiger charge is 2.73. The second-order valence-corrected chi connectivity index (χ2v) is 4.19. The zero-order chi connectivity index (χ0) is 17.7. The van der Waals surface area contributed by atoms with Crippen molar-refractivity contribution in [3.05, 3.63) is 42.5 Å². The zero-order valence-electron chi connectivity index (χ0n) is 11.4. The number of alkyl halides is 7. The van der Waals surface area contributed by atoms with Gasteiger partial charge in [0, 0.05) is 0 Å². The summed E-state index contributed by atoms with van der Waals surface area (Å²) in [7, 11) is 0. The van der Waals surface area contributed by atoms with E-state index in [1.165, 1.54) is 30.3 Å². The van der Waals surface area contributed by atoms with Crippen LogP contribution in [0.3, 0.4) is 0 Å². The summed E-state index contributed by atoms with van der Waals surface area (Å²) in [5.41, 5.74) is 0.700. The lowest BCUT2D eigenvalue weighted by molar-refractivity contribution is -0.361. The van der Waals surface area contributed by atoms with Crippen LogP contribution in [0.5, 0.6) is 5.75 Å². The van der Waals surface area contributed by atoms with Gasteiger partial charge in [-0.25, -0.2) is 5.43 Å². The summed E-state index contributed by atoms with van der Waals surface area (Å²) in [6, 6.07) is -0.0668. The predicted octanol–water partition coefficient (Wildman–Crippen LogP) is 3.97. The number of benzene rings is 1. The Morgan fingerprint density at radius 1 is 1.04 bits per heavy atom. The van der Waals surface area contributed by atoms with Gasteiger partial charge in [0.2, 0.25) is 0 Å². The van der Waals surface area contributed by atoms with Crippen molar-refractivity contribution in [1.82, 2.24) is 5.43 Å². The maximum absolute atomic E-state index is 12.9. The fraction of sp³-hybridized carbons (Fsp3) is 0.308. The summed E-state index contributed by atoms with van der Waals surface area (Å²) in [5, 5.41) is 2.72. The molecule has 0 bridgehead atoms. The van der Waals surface area contributed by atoms with Crippen LogP contribution in [-0.4, -0.2) is 31.0 Å². The fourth-order valence-corrected chi connectivity index (χ4v) is 1.24. The van der Waals surface area contributed by atoms with Gasteiger partial charge in [-0.15, -0.1) is 0 Å². The Balaban J connectivity index is 2.73. The van der Waals surface area contributed by atoms with E-state index in [0.29, 0.717) is 17.4 Å². The van der Waals surface area contributed by atoms with Crippen LogP contribution >= 0.6 is 0 Å². The maximum Gasteiger partial charge on any atom is 0.462 e. The second-order valence-electron chi connectivity index (χ2n) is 4.19. The Hall–Kier alpha value is -2.26. The number of hydrazone groups is 1. The topological polar surface area (TPSA) is 33.6 Å². The third-order valence-electron chi connectivity index (χ3n) is 2.42. The van der Waals surface area contributed by atoms with E-state index in [0.717, 1.165) is 0 Å². The molecule has 0 aliphatic carbocycles. The highest BCUT2D eigenvalue weighted by Crippen LogP contribution is 2.44. The van der Waals surface area contributed by atoms with Gasteiger partial charge in [-0.3, -0.25) is 0 Å². The minimum atomic E-state index is -6.41. The van der Waals surface area contributed by atoms with Crippen LogP contribution in [0.1, 0.15) is 5.56 Å². The molecule has 10 heteroatoms. The second kappa shape index (κ2) is 6.88. The van der Waals surface area contributed by atoms with Gasteiger partial charge in [0.05, 0.1) is 6.21 Å². The molecule has 1 aromatic carbocycles. The highest BCUT2D eigenvalue weighted by molar-refractivity contribution is 5.79. The van der Waals surface area contributed by atoms with Gasteiger partial charge in [0.1, 0.15) is 12.4 Å². The van der Waals surface area contributed by atoms with Gasteiger partial charge in [0.15, 0.2) is 0 Å². The molecule has 0 heterocycles. The van der Waals surface area contributed by atoms with Gasteiger partial charge >= 0.3 is 18.1 Å². The lowest BCUT2D eigenvalue weighted by atomic mass is 10.2. The molecule has 3 nitrogen and oxygen atoms in total. The molecule has 128 valence electrons. The maximum atomic E-state index is 12.9. The van der Waals surface area contributed by atoms with Crippen LogP contribution in [0.4, 0.5) is 30.7 Å². The first kappa shape index (κ1) is 18.8. The monoisotopic (exact) mass is 344 g/mol.